The molecule has 5 nitrogen and oxygen atoms in total. The van der Waals surface area contributed by atoms with Crippen LogP contribution in [0.4, 0.5) is 17.2 Å². The second-order valence-corrected chi connectivity index (χ2v) is 7.54. The normalized spacial score (nSPS) is 11.0. The second-order valence-electron chi connectivity index (χ2n) is 7.54. The van der Waals surface area contributed by atoms with Gasteiger partial charge in [0.1, 0.15) is 11.6 Å². The number of carbonyl (C=O) groups excluding carboxylic acids is 1. The number of amides is 1. The Hall–Kier alpha value is -3.34. The van der Waals surface area contributed by atoms with Crippen LogP contribution in [0.1, 0.15) is 36.7 Å². The zero-order valence-electron chi connectivity index (χ0n) is 16.6. The van der Waals surface area contributed by atoms with Crippen LogP contribution < -0.4 is 15.4 Å². The minimum absolute atomic E-state index is 0.0629. The molecule has 0 radical (unpaired) electrons. The van der Waals surface area contributed by atoms with Crippen molar-refractivity contribution in [1.29, 1.82) is 0 Å². The van der Waals surface area contributed by atoms with Gasteiger partial charge in [0.15, 0.2) is 0 Å². The monoisotopic (exact) mass is 375 g/mol. The molecule has 0 aliphatic heterocycles. The Kier molecular flexibility index (Phi) is 5.64. The van der Waals surface area contributed by atoms with E-state index in [4.69, 9.17) is 4.74 Å². The van der Waals surface area contributed by atoms with Crippen LogP contribution in [0.15, 0.2) is 66.9 Å². The maximum absolute atomic E-state index is 12.7. The summed E-state index contributed by atoms with van der Waals surface area (Å²) in [5.74, 6) is 1.23. The van der Waals surface area contributed by atoms with Crippen molar-refractivity contribution >= 4 is 23.1 Å². The number of anilines is 3. The van der Waals surface area contributed by atoms with Gasteiger partial charge in [-0.1, -0.05) is 45.0 Å². The summed E-state index contributed by atoms with van der Waals surface area (Å²) in [6.45, 7) is 6.37. The van der Waals surface area contributed by atoms with Crippen LogP contribution in [0.3, 0.4) is 0 Å². The van der Waals surface area contributed by atoms with Crippen molar-refractivity contribution in [3.05, 3.63) is 78.0 Å². The van der Waals surface area contributed by atoms with Gasteiger partial charge in [-0.15, -0.1) is 0 Å². The fraction of sp³-hybridized carbons (Fsp3) is 0.217. The van der Waals surface area contributed by atoms with Crippen LogP contribution in [0.25, 0.3) is 0 Å². The molecule has 0 aliphatic rings. The number of pyridine rings is 1. The molecule has 144 valence electrons. The first-order valence-corrected chi connectivity index (χ1v) is 9.15. The van der Waals surface area contributed by atoms with Gasteiger partial charge in [0.2, 0.25) is 0 Å². The fourth-order valence-corrected chi connectivity index (χ4v) is 2.89. The van der Waals surface area contributed by atoms with Crippen molar-refractivity contribution in [3.63, 3.8) is 0 Å². The van der Waals surface area contributed by atoms with Crippen molar-refractivity contribution in [1.82, 2.24) is 4.98 Å². The van der Waals surface area contributed by atoms with E-state index in [1.54, 1.807) is 25.4 Å². The average Bonchev–Trinajstić information content (AvgIpc) is 2.68. The second kappa shape index (κ2) is 8.13. The lowest BCUT2D eigenvalue weighted by Crippen LogP contribution is -2.18. The molecular weight excluding hydrogens is 350 g/mol. The van der Waals surface area contributed by atoms with Crippen molar-refractivity contribution in [3.8, 4) is 5.75 Å². The summed E-state index contributed by atoms with van der Waals surface area (Å²) < 4.78 is 5.22. The summed E-state index contributed by atoms with van der Waals surface area (Å²) in [4.78, 5) is 17.0. The highest BCUT2D eigenvalue weighted by atomic mass is 16.5. The number of hydrogen-bond donors (Lipinski definition) is 2. The first kappa shape index (κ1) is 19.4. The quantitative estimate of drug-likeness (QED) is 0.628. The number of para-hydroxylation sites is 1. The first-order chi connectivity index (χ1) is 13.4. The Bertz CT molecular complexity index is 960. The van der Waals surface area contributed by atoms with Gasteiger partial charge >= 0.3 is 0 Å². The van der Waals surface area contributed by atoms with E-state index >= 15 is 0 Å². The molecule has 3 aromatic rings. The lowest BCUT2D eigenvalue weighted by Gasteiger charge is -2.23. The average molecular weight is 375 g/mol. The molecule has 2 N–H and O–H groups in total. The molecule has 0 spiro atoms. The summed E-state index contributed by atoms with van der Waals surface area (Å²) >= 11 is 0. The van der Waals surface area contributed by atoms with E-state index in [0.717, 1.165) is 22.7 Å². The Morgan fingerprint density at radius 3 is 2.46 bits per heavy atom. The number of hydrogen-bond acceptors (Lipinski definition) is 4. The van der Waals surface area contributed by atoms with Gasteiger partial charge in [0.05, 0.1) is 12.7 Å². The van der Waals surface area contributed by atoms with Crippen molar-refractivity contribution in [2.24, 2.45) is 0 Å². The lowest BCUT2D eigenvalue weighted by atomic mass is 9.86. The number of aromatic nitrogens is 1. The van der Waals surface area contributed by atoms with E-state index < -0.39 is 0 Å². The lowest BCUT2D eigenvalue weighted by molar-refractivity contribution is 0.102. The fourth-order valence-electron chi connectivity index (χ4n) is 2.89. The van der Waals surface area contributed by atoms with Gasteiger partial charge in [-0.25, -0.2) is 4.98 Å². The molecule has 5 heteroatoms. The van der Waals surface area contributed by atoms with E-state index in [1.165, 1.54) is 0 Å². The summed E-state index contributed by atoms with van der Waals surface area (Å²) in [6.07, 6.45) is 1.57. The van der Waals surface area contributed by atoms with E-state index in [9.17, 15) is 4.79 Å². The van der Waals surface area contributed by atoms with E-state index in [2.05, 4.69) is 36.4 Å². The summed E-state index contributed by atoms with van der Waals surface area (Å²) in [5, 5.41) is 6.20. The number of nitrogens with zero attached hydrogens (tertiary/aromatic N) is 1. The molecule has 0 saturated heterocycles. The first-order valence-electron chi connectivity index (χ1n) is 9.15. The van der Waals surface area contributed by atoms with Gasteiger partial charge in [0.25, 0.3) is 5.91 Å². The maximum Gasteiger partial charge on any atom is 0.257 e. The van der Waals surface area contributed by atoms with Gasteiger partial charge < -0.3 is 15.4 Å². The molecule has 0 saturated carbocycles. The highest BCUT2D eigenvalue weighted by Gasteiger charge is 2.19. The van der Waals surface area contributed by atoms with Gasteiger partial charge in [0, 0.05) is 23.6 Å². The number of methoxy groups -OCH3 is 1. The molecule has 3 rings (SSSR count). The Balaban J connectivity index is 1.72. The predicted molar refractivity (Wildman–Crippen MR) is 114 cm³/mol. The molecule has 1 heterocycles. The van der Waals surface area contributed by atoms with Crippen LogP contribution >= 0.6 is 0 Å². The van der Waals surface area contributed by atoms with Gasteiger partial charge in [-0.3, -0.25) is 4.79 Å². The molecule has 28 heavy (non-hydrogen) atoms. The molecular formula is C23H25N3O2. The van der Waals surface area contributed by atoms with Crippen molar-refractivity contribution in [2.45, 2.75) is 26.2 Å². The van der Waals surface area contributed by atoms with Gasteiger partial charge in [-0.2, -0.15) is 0 Å². The van der Waals surface area contributed by atoms with Crippen molar-refractivity contribution in [2.75, 3.05) is 17.7 Å². The zero-order valence-corrected chi connectivity index (χ0v) is 16.6. The van der Waals surface area contributed by atoms with Crippen LogP contribution in [-0.2, 0) is 5.41 Å². The number of ether oxygens (including phenoxy) is 1. The summed E-state index contributed by atoms with van der Waals surface area (Å²) in [6, 6.07) is 19.0. The minimum Gasteiger partial charge on any atom is -0.497 e. The topological polar surface area (TPSA) is 63.2 Å². The number of nitrogens with one attached hydrogen (secondary N) is 2. The van der Waals surface area contributed by atoms with E-state index in [1.807, 2.05) is 48.5 Å². The Labute approximate surface area is 165 Å². The van der Waals surface area contributed by atoms with Crippen molar-refractivity contribution < 1.29 is 9.53 Å². The zero-order chi connectivity index (χ0) is 20.1. The number of rotatable bonds is 5. The third-order valence-electron chi connectivity index (χ3n) is 4.35. The molecule has 0 unspecified atom stereocenters. The third kappa shape index (κ3) is 4.68. The largest absolute Gasteiger partial charge is 0.497 e. The summed E-state index contributed by atoms with van der Waals surface area (Å²) in [7, 11) is 1.63. The Morgan fingerprint density at radius 1 is 1.00 bits per heavy atom. The highest BCUT2D eigenvalue weighted by Crippen LogP contribution is 2.29. The smallest absolute Gasteiger partial charge is 0.257 e. The molecule has 2 aromatic carbocycles. The molecule has 1 aromatic heterocycles. The van der Waals surface area contributed by atoms with E-state index in [0.29, 0.717) is 11.4 Å². The number of carbonyl (C=O) groups is 1. The summed E-state index contributed by atoms with van der Waals surface area (Å²) in [5.41, 5.74) is 3.21. The maximum atomic E-state index is 12.7. The van der Waals surface area contributed by atoms with E-state index in [-0.39, 0.29) is 11.3 Å². The third-order valence-corrected chi connectivity index (χ3v) is 4.35. The minimum atomic E-state index is -0.183. The van der Waals surface area contributed by atoms with Crippen LogP contribution in [-0.4, -0.2) is 18.0 Å². The SMILES string of the molecule is COc1cccc(Nc2ccc(C(=O)Nc3ccccc3C(C)(C)C)cn2)c1. The van der Waals surface area contributed by atoms with Crippen LogP contribution in [0, 0.1) is 0 Å². The standard InChI is InChI=1S/C23H25N3O2/c1-23(2,3)19-10-5-6-11-20(19)26-22(27)16-12-13-21(24-15-16)25-17-8-7-9-18(14-17)28-4/h5-15H,1-4H3,(H,24,25)(H,26,27). The number of benzene rings is 2. The van der Waals surface area contributed by atoms with Crippen LogP contribution in [0.2, 0.25) is 0 Å². The van der Waals surface area contributed by atoms with Gasteiger partial charge in [-0.05, 0) is 41.3 Å². The molecule has 0 fully saturated rings. The molecule has 0 aliphatic carbocycles. The molecule has 1 amide bonds. The molecule has 0 atom stereocenters. The Morgan fingerprint density at radius 2 is 1.79 bits per heavy atom. The van der Waals surface area contributed by atoms with Crippen LogP contribution in [0.5, 0.6) is 5.75 Å². The highest BCUT2D eigenvalue weighted by molar-refractivity contribution is 6.04. The predicted octanol–water partition coefficient (Wildman–Crippen LogP) is 5.38. The molecule has 0 bridgehead atoms.